The Morgan fingerprint density at radius 2 is 0.932 bits per heavy atom. The summed E-state index contributed by atoms with van der Waals surface area (Å²) in [5.74, 6) is 0. The first-order valence-corrected chi connectivity index (χ1v) is 17.1. The van der Waals surface area contributed by atoms with Crippen LogP contribution in [0.3, 0.4) is 0 Å². The lowest BCUT2D eigenvalue weighted by Gasteiger charge is -2.34. The van der Waals surface area contributed by atoms with Gasteiger partial charge in [-0.3, -0.25) is 4.57 Å². The van der Waals surface area contributed by atoms with Crippen molar-refractivity contribution in [2.45, 2.75) is 0 Å². The van der Waals surface area contributed by atoms with Crippen LogP contribution in [0.4, 0.5) is 0 Å². The Morgan fingerprint density at radius 1 is 0.409 bits per heavy atom. The van der Waals surface area contributed by atoms with Gasteiger partial charge in [0.1, 0.15) is 5.65 Å². The van der Waals surface area contributed by atoms with Gasteiger partial charge in [0.2, 0.25) is 0 Å². The number of hydrogen-bond acceptors (Lipinski definition) is 1. The maximum absolute atomic E-state index is 4.87. The second-order valence-electron chi connectivity index (χ2n) is 11.2. The van der Waals surface area contributed by atoms with Crippen molar-refractivity contribution in [3.05, 3.63) is 182 Å². The molecule has 2 nitrogen and oxygen atoms in total. The minimum absolute atomic E-state index is 0.977. The summed E-state index contributed by atoms with van der Waals surface area (Å²) in [4.78, 5) is 4.87. The zero-order valence-corrected chi connectivity index (χ0v) is 25.2. The van der Waals surface area contributed by atoms with E-state index < -0.39 is 8.07 Å². The quantitative estimate of drug-likeness (QED) is 0.150. The first-order valence-electron chi connectivity index (χ1n) is 15.1. The van der Waals surface area contributed by atoms with Gasteiger partial charge >= 0.3 is 0 Å². The van der Waals surface area contributed by atoms with E-state index in [-0.39, 0.29) is 0 Å². The lowest BCUT2D eigenvalue weighted by Crippen LogP contribution is -2.74. The molecule has 0 aliphatic heterocycles. The molecule has 0 spiro atoms. The van der Waals surface area contributed by atoms with E-state index in [0.29, 0.717) is 0 Å². The first-order chi connectivity index (χ1) is 21.8. The van der Waals surface area contributed by atoms with E-state index in [1.807, 2.05) is 12.3 Å². The van der Waals surface area contributed by atoms with Gasteiger partial charge in [-0.1, -0.05) is 146 Å². The molecule has 0 radical (unpaired) electrons. The average Bonchev–Trinajstić information content (AvgIpc) is 3.44. The van der Waals surface area contributed by atoms with Gasteiger partial charge in [-0.15, -0.1) is 0 Å². The molecule has 0 bridgehead atoms. The van der Waals surface area contributed by atoms with Gasteiger partial charge in [-0.2, -0.15) is 0 Å². The molecular formula is C41H30N2Si. The Hall–Kier alpha value is -5.51. The van der Waals surface area contributed by atoms with Gasteiger partial charge in [0.05, 0.1) is 5.52 Å². The number of pyridine rings is 1. The monoisotopic (exact) mass is 578 g/mol. The van der Waals surface area contributed by atoms with E-state index in [9.17, 15) is 0 Å². The molecule has 0 aliphatic rings. The van der Waals surface area contributed by atoms with E-state index in [4.69, 9.17) is 4.98 Å². The molecule has 0 fully saturated rings. The third-order valence-electron chi connectivity index (χ3n) is 8.81. The maximum atomic E-state index is 4.87. The van der Waals surface area contributed by atoms with Crippen molar-refractivity contribution in [2.24, 2.45) is 0 Å². The van der Waals surface area contributed by atoms with E-state index in [0.717, 1.165) is 22.2 Å². The van der Waals surface area contributed by atoms with Crippen LogP contribution in [-0.4, -0.2) is 17.6 Å². The maximum Gasteiger partial charge on any atom is 0.179 e. The number of fused-ring (bicyclic) bond motifs is 3. The molecule has 6 aromatic carbocycles. The van der Waals surface area contributed by atoms with Gasteiger partial charge in [0.25, 0.3) is 0 Å². The fourth-order valence-electron chi connectivity index (χ4n) is 6.84. The van der Waals surface area contributed by atoms with Crippen molar-refractivity contribution in [3.8, 4) is 16.8 Å². The topological polar surface area (TPSA) is 17.8 Å². The molecule has 2 heterocycles. The number of rotatable bonds is 6. The van der Waals surface area contributed by atoms with Gasteiger partial charge < -0.3 is 0 Å². The van der Waals surface area contributed by atoms with Crippen LogP contribution in [0.15, 0.2) is 182 Å². The van der Waals surface area contributed by atoms with Gasteiger partial charge in [0, 0.05) is 22.7 Å². The van der Waals surface area contributed by atoms with E-state index in [2.05, 4.69) is 174 Å². The Morgan fingerprint density at radius 3 is 1.57 bits per heavy atom. The number of hydrogen-bond donors (Lipinski definition) is 0. The van der Waals surface area contributed by atoms with Gasteiger partial charge in [-0.05, 0) is 62.2 Å². The minimum Gasteiger partial charge on any atom is -0.294 e. The first kappa shape index (κ1) is 26.1. The van der Waals surface area contributed by atoms with E-state index >= 15 is 0 Å². The summed E-state index contributed by atoms with van der Waals surface area (Å²) in [5.41, 5.74) is 5.71. The summed E-state index contributed by atoms with van der Waals surface area (Å²) in [6.07, 6.45) is 1.89. The van der Waals surface area contributed by atoms with Crippen LogP contribution >= 0.6 is 0 Å². The van der Waals surface area contributed by atoms with E-state index in [1.54, 1.807) is 0 Å². The summed E-state index contributed by atoms with van der Waals surface area (Å²) >= 11 is 0. The largest absolute Gasteiger partial charge is 0.294 e. The Balaban J connectivity index is 1.44. The fourth-order valence-corrected chi connectivity index (χ4v) is 11.6. The molecule has 0 atom stereocenters. The minimum atomic E-state index is -2.73. The van der Waals surface area contributed by atoms with E-state index in [1.165, 1.54) is 37.3 Å². The standard InChI is InChI=1S/C41H30N2Si/c1-5-14-31(15-6-1)32-23-25-36(26-24-32)44(34-18-9-3-10-19-34,35-20-11-4-12-21-35)37-27-28-40-39(30-37)38-22-13-29-42-41(38)43(40)33-16-7-2-8-17-33/h1-30H. The van der Waals surface area contributed by atoms with Crippen molar-refractivity contribution in [3.63, 3.8) is 0 Å². The summed E-state index contributed by atoms with van der Waals surface area (Å²) in [6.45, 7) is 0. The molecule has 2 aromatic heterocycles. The summed E-state index contributed by atoms with van der Waals surface area (Å²) in [6, 6.07) is 64.2. The Labute approximate surface area is 258 Å². The molecule has 0 amide bonds. The predicted octanol–water partition coefficient (Wildman–Crippen LogP) is 7.22. The summed E-state index contributed by atoms with van der Waals surface area (Å²) in [7, 11) is -2.73. The Kier molecular flexibility index (Phi) is 6.51. The molecule has 44 heavy (non-hydrogen) atoms. The van der Waals surface area contributed by atoms with Crippen molar-refractivity contribution >= 4 is 50.8 Å². The number of para-hydroxylation sites is 1. The molecule has 0 N–H and O–H groups in total. The molecule has 3 heteroatoms. The van der Waals surface area contributed by atoms with Gasteiger partial charge in [0.15, 0.2) is 8.07 Å². The Bertz CT molecular complexity index is 2150. The zero-order valence-electron chi connectivity index (χ0n) is 24.2. The molecule has 208 valence electrons. The second-order valence-corrected chi connectivity index (χ2v) is 15.0. The van der Waals surface area contributed by atoms with Crippen molar-refractivity contribution < 1.29 is 0 Å². The van der Waals surface area contributed by atoms with Crippen LogP contribution in [0.1, 0.15) is 0 Å². The smallest absolute Gasteiger partial charge is 0.179 e. The molecule has 8 aromatic rings. The zero-order chi connectivity index (χ0) is 29.3. The summed E-state index contributed by atoms with van der Waals surface area (Å²) < 4.78 is 2.29. The predicted molar refractivity (Wildman–Crippen MR) is 188 cm³/mol. The van der Waals surface area contributed by atoms with Crippen LogP contribution in [0.25, 0.3) is 38.8 Å². The van der Waals surface area contributed by atoms with Crippen molar-refractivity contribution in [1.29, 1.82) is 0 Å². The molecule has 0 unspecified atom stereocenters. The molecule has 8 rings (SSSR count). The third-order valence-corrected chi connectivity index (χ3v) is 13.6. The number of aromatic nitrogens is 2. The highest BCUT2D eigenvalue weighted by atomic mass is 28.3. The third kappa shape index (κ3) is 4.21. The molecule has 0 saturated carbocycles. The SMILES string of the molecule is c1ccc(-c2ccc([Si](c3ccccc3)(c3ccccc3)c3ccc4c(c3)c3cccnc3n4-c3ccccc3)cc2)cc1. The lowest BCUT2D eigenvalue weighted by molar-refractivity contribution is 1.14. The molecule has 0 aliphatic carbocycles. The highest BCUT2D eigenvalue weighted by Crippen LogP contribution is 2.30. The van der Waals surface area contributed by atoms with Crippen LogP contribution < -0.4 is 20.7 Å². The van der Waals surface area contributed by atoms with Crippen molar-refractivity contribution in [1.82, 2.24) is 9.55 Å². The lowest BCUT2D eigenvalue weighted by atomic mass is 10.1. The van der Waals surface area contributed by atoms with Crippen molar-refractivity contribution in [2.75, 3.05) is 0 Å². The average molecular weight is 579 g/mol. The normalized spacial score (nSPS) is 11.6. The van der Waals surface area contributed by atoms with Crippen LogP contribution in [-0.2, 0) is 0 Å². The number of benzene rings is 6. The highest BCUT2D eigenvalue weighted by molar-refractivity contribution is 7.20. The molecular weight excluding hydrogens is 549 g/mol. The van der Waals surface area contributed by atoms with Crippen LogP contribution in [0, 0.1) is 0 Å². The van der Waals surface area contributed by atoms with Crippen LogP contribution in [0.5, 0.6) is 0 Å². The van der Waals surface area contributed by atoms with Crippen LogP contribution in [0.2, 0.25) is 0 Å². The highest BCUT2D eigenvalue weighted by Gasteiger charge is 2.41. The van der Waals surface area contributed by atoms with Gasteiger partial charge in [-0.25, -0.2) is 4.98 Å². The molecule has 0 saturated heterocycles. The fraction of sp³-hybridized carbons (Fsp3) is 0. The summed E-state index contributed by atoms with van der Waals surface area (Å²) in [5, 5.41) is 7.83. The number of nitrogens with zero attached hydrogens (tertiary/aromatic N) is 2. The second kappa shape index (κ2) is 11.0.